The van der Waals surface area contributed by atoms with Crippen molar-refractivity contribution >= 4 is 23.7 Å². The lowest BCUT2D eigenvalue weighted by Crippen LogP contribution is -2.51. The molecule has 0 aliphatic carbocycles. The molecule has 0 amide bonds. The van der Waals surface area contributed by atoms with Crippen molar-refractivity contribution < 1.29 is 33.4 Å². The predicted octanol–water partition coefficient (Wildman–Crippen LogP) is -0.0406. The third-order valence-electron chi connectivity index (χ3n) is 2.69. The maximum absolute atomic E-state index is 11.8. The molecule has 1 fully saturated rings. The largest absolute Gasteiger partial charge is 0.438 e. The van der Waals surface area contributed by atoms with E-state index in [9.17, 15) is 19.2 Å². The zero-order valence-electron chi connectivity index (χ0n) is 10.5. The molecule has 100 valence electrons. The fraction of sp³-hybridized carbons (Fsp3) is 0.636. The van der Waals surface area contributed by atoms with E-state index in [0.29, 0.717) is 0 Å². The molecule has 1 rings (SSSR count). The van der Waals surface area contributed by atoms with Gasteiger partial charge in [0.1, 0.15) is 0 Å². The van der Waals surface area contributed by atoms with Gasteiger partial charge in [0.2, 0.25) is 0 Å². The lowest BCUT2D eigenvalue weighted by Gasteiger charge is -2.26. The van der Waals surface area contributed by atoms with E-state index in [2.05, 4.69) is 0 Å². The minimum absolute atomic E-state index is 0.665. The number of hydrogen-bond donors (Lipinski definition) is 0. The topological polar surface area (TPSA) is 96.0 Å². The van der Waals surface area contributed by atoms with Crippen molar-refractivity contribution in [2.45, 2.75) is 39.6 Å². The third-order valence-corrected chi connectivity index (χ3v) is 2.69. The van der Waals surface area contributed by atoms with E-state index in [0.717, 1.165) is 20.8 Å². The summed E-state index contributed by atoms with van der Waals surface area (Å²) in [6.45, 7) is 4.75. The molecule has 0 bridgehead atoms. The van der Waals surface area contributed by atoms with Crippen molar-refractivity contribution in [1.29, 1.82) is 0 Å². The van der Waals surface area contributed by atoms with Crippen molar-refractivity contribution in [1.82, 2.24) is 0 Å². The molecule has 0 aromatic rings. The SMILES string of the molecule is CC(=O)O[C@@H]1OC(=O)[C@](OC(C)=O)(C(C)=O)[C@@H]1C. The van der Waals surface area contributed by atoms with E-state index in [-0.39, 0.29) is 0 Å². The van der Waals surface area contributed by atoms with Gasteiger partial charge in [-0.1, -0.05) is 6.92 Å². The van der Waals surface area contributed by atoms with Crippen molar-refractivity contribution in [2.24, 2.45) is 5.92 Å². The summed E-state index contributed by atoms with van der Waals surface area (Å²) in [5.74, 6) is -4.07. The summed E-state index contributed by atoms with van der Waals surface area (Å²) < 4.78 is 14.4. The molecule has 0 aromatic carbocycles. The number of rotatable bonds is 3. The molecule has 0 unspecified atom stereocenters. The molecule has 0 N–H and O–H groups in total. The highest BCUT2D eigenvalue weighted by Crippen LogP contribution is 2.37. The van der Waals surface area contributed by atoms with E-state index in [1.807, 2.05) is 0 Å². The van der Waals surface area contributed by atoms with Gasteiger partial charge in [-0.3, -0.25) is 14.4 Å². The number of esters is 3. The van der Waals surface area contributed by atoms with Crippen molar-refractivity contribution in [3.05, 3.63) is 0 Å². The van der Waals surface area contributed by atoms with Crippen LogP contribution in [0, 0.1) is 5.92 Å². The van der Waals surface area contributed by atoms with Gasteiger partial charge in [0.25, 0.3) is 11.9 Å². The Kier molecular flexibility index (Phi) is 3.73. The molecule has 1 aliphatic heterocycles. The van der Waals surface area contributed by atoms with E-state index in [1.54, 1.807) is 0 Å². The second-order valence-corrected chi connectivity index (χ2v) is 4.06. The van der Waals surface area contributed by atoms with Crippen LogP contribution in [0.5, 0.6) is 0 Å². The summed E-state index contributed by atoms with van der Waals surface area (Å²) >= 11 is 0. The first kappa shape index (κ1) is 14.1. The fourth-order valence-electron chi connectivity index (χ4n) is 1.86. The Bertz CT molecular complexity index is 414. The summed E-state index contributed by atoms with van der Waals surface area (Å²) in [7, 11) is 0. The summed E-state index contributed by atoms with van der Waals surface area (Å²) in [6, 6.07) is 0. The molecule has 7 nitrogen and oxygen atoms in total. The predicted molar refractivity (Wildman–Crippen MR) is 56.0 cm³/mol. The molecule has 1 aliphatic rings. The maximum atomic E-state index is 11.8. The summed E-state index contributed by atoms with van der Waals surface area (Å²) in [6.07, 6.45) is -1.24. The molecule has 0 saturated carbocycles. The second-order valence-electron chi connectivity index (χ2n) is 4.06. The molecule has 1 saturated heterocycles. The van der Waals surface area contributed by atoms with Crippen molar-refractivity contribution in [3.8, 4) is 0 Å². The average molecular weight is 258 g/mol. The van der Waals surface area contributed by atoms with Crippen LogP contribution in [0.4, 0.5) is 0 Å². The number of carbonyl (C=O) groups excluding carboxylic acids is 4. The van der Waals surface area contributed by atoms with Crippen molar-refractivity contribution in [3.63, 3.8) is 0 Å². The molecule has 18 heavy (non-hydrogen) atoms. The monoisotopic (exact) mass is 258 g/mol. The Morgan fingerprint density at radius 2 is 1.72 bits per heavy atom. The lowest BCUT2D eigenvalue weighted by molar-refractivity contribution is -0.180. The first-order valence-electron chi connectivity index (χ1n) is 5.30. The third kappa shape index (κ3) is 2.20. The number of carbonyl (C=O) groups is 4. The van der Waals surface area contributed by atoms with Gasteiger partial charge in [0.05, 0.1) is 5.92 Å². The molecule has 0 radical (unpaired) electrons. The number of hydrogen-bond acceptors (Lipinski definition) is 7. The van der Waals surface area contributed by atoms with Crippen LogP contribution in [-0.2, 0) is 33.4 Å². The Balaban J connectivity index is 3.11. The number of ether oxygens (including phenoxy) is 3. The van der Waals surface area contributed by atoms with E-state index < -0.39 is 41.5 Å². The maximum Gasteiger partial charge on any atom is 0.362 e. The van der Waals surface area contributed by atoms with Crippen LogP contribution in [0.1, 0.15) is 27.7 Å². The van der Waals surface area contributed by atoms with Crippen LogP contribution in [0.3, 0.4) is 0 Å². The van der Waals surface area contributed by atoms with Gasteiger partial charge in [-0.2, -0.15) is 0 Å². The molecular formula is C11H14O7. The zero-order chi connectivity index (χ0) is 14.1. The summed E-state index contributed by atoms with van der Waals surface area (Å²) in [5.41, 5.74) is -2.04. The smallest absolute Gasteiger partial charge is 0.362 e. The van der Waals surface area contributed by atoms with Crippen LogP contribution < -0.4 is 0 Å². The minimum atomic E-state index is -2.04. The lowest BCUT2D eigenvalue weighted by atomic mass is 9.87. The van der Waals surface area contributed by atoms with Crippen LogP contribution in [-0.4, -0.2) is 35.6 Å². The average Bonchev–Trinajstić information content (AvgIpc) is 2.42. The quantitative estimate of drug-likeness (QED) is 0.517. The summed E-state index contributed by atoms with van der Waals surface area (Å²) in [5, 5.41) is 0. The van der Waals surface area contributed by atoms with Crippen LogP contribution in [0.25, 0.3) is 0 Å². The van der Waals surface area contributed by atoms with Crippen molar-refractivity contribution in [2.75, 3.05) is 0 Å². The van der Waals surface area contributed by atoms with Gasteiger partial charge in [0, 0.05) is 13.8 Å². The van der Waals surface area contributed by atoms with Gasteiger partial charge in [-0.25, -0.2) is 4.79 Å². The minimum Gasteiger partial charge on any atom is -0.438 e. The Morgan fingerprint density at radius 1 is 1.17 bits per heavy atom. The van der Waals surface area contributed by atoms with Gasteiger partial charge in [0.15, 0.2) is 5.78 Å². The standard InChI is InChI=1S/C11H14O7/c1-5-9(16-7(3)13)17-10(15)11(5,6(2)12)18-8(4)14/h5,9H,1-4H3/t5-,9-,11-/m1/s1. The molecule has 7 heteroatoms. The first-order chi connectivity index (χ1) is 8.21. The first-order valence-corrected chi connectivity index (χ1v) is 5.30. The molecule has 1 heterocycles. The van der Waals surface area contributed by atoms with Gasteiger partial charge in [-0.05, 0) is 6.92 Å². The fourth-order valence-corrected chi connectivity index (χ4v) is 1.86. The van der Waals surface area contributed by atoms with Crippen LogP contribution >= 0.6 is 0 Å². The van der Waals surface area contributed by atoms with Gasteiger partial charge in [-0.15, -0.1) is 0 Å². The second kappa shape index (κ2) is 4.75. The van der Waals surface area contributed by atoms with E-state index in [4.69, 9.17) is 14.2 Å². The van der Waals surface area contributed by atoms with Crippen LogP contribution in [0.2, 0.25) is 0 Å². The Morgan fingerprint density at radius 3 is 2.11 bits per heavy atom. The van der Waals surface area contributed by atoms with Gasteiger partial charge >= 0.3 is 17.9 Å². The van der Waals surface area contributed by atoms with E-state index in [1.165, 1.54) is 6.92 Å². The molecule has 0 spiro atoms. The number of Topliss-reactive ketones (excluding diaryl/α,β-unsaturated/α-hetero) is 1. The van der Waals surface area contributed by atoms with E-state index >= 15 is 0 Å². The molecule has 0 aromatic heterocycles. The highest BCUT2D eigenvalue weighted by molar-refractivity contribution is 6.09. The highest BCUT2D eigenvalue weighted by Gasteiger charge is 2.63. The highest BCUT2D eigenvalue weighted by atomic mass is 16.7. The zero-order valence-corrected chi connectivity index (χ0v) is 10.5. The normalized spacial score (nSPS) is 30.6. The summed E-state index contributed by atoms with van der Waals surface area (Å²) in [4.78, 5) is 45.3. The molecule has 3 atom stereocenters. The van der Waals surface area contributed by atoms with Gasteiger partial charge < -0.3 is 14.2 Å². The Hall–Kier alpha value is -1.92. The Labute approximate surface area is 103 Å². The van der Waals surface area contributed by atoms with Crippen LogP contribution in [0.15, 0.2) is 0 Å². The number of cyclic esters (lactones) is 1. The number of ketones is 1. The molecular weight excluding hydrogens is 244 g/mol.